The quantitative estimate of drug-likeness (QED) is 0.773. The number of aromatic nitrogens is 1. The van der Waals surface area contributed by atoms with E-state index in [4.69, 9.17) is 9.47 Å². The maximum Gasteiger partial charge on any atom is 0.217 e. The summed E-state index contributed by atoms with van der Waals surface area (Å²) in [5.41, 5.74) is 1.06. The first kappa shape index (κ1) is 19.0. The Kier molecular flexibility index (Phi) is 6.16. The van der Waals surface area contributed by atoms with Gasteiger partial charge in [-0.05, 0) is 43.2 Å². The zero-order valence-electron chi connectivity index (χ0n) is 16.1. The van der Waals surface area contributed by atoms with Crippen LogP contribution in [0.3, 0.4) is 0 Å². The molecule has 1 atom stereocenters. The molecule has 6 nitrogen and oxygen atoms in total. The summed E-state index contributed by atoms with van der Waals surface area (Å²) in [7, 11) is 0. The van der Waals surface area contributed by atoms with E-state index in [2.05, 4.69) is 22.1 Å². The lowest BCUT2D eigenvalue weighted by Gasteiger charge is -2.39. The van der Waals surface area contributed by atoms with Gasteiger partial charge in [0.2, 0.25) is 5.91 Å². The van der Waals surface area contributed by atoms with Crippen molar-refractivity contribution >= 4 is 11.7 Å². The maximum atomic E-state index is 11.1. The Labute approximate surface area is 160 Å². The van der Waals surface area contributed by atoms with Gasteiger partial charge in [0.15, 0.2) is 0 Å². The fourth-order valence-corrected chi connectivity index (χ4v) is 2.98. The fraction of sp³-hybridized carbons (Fsp3) is 0.429. The van der Waals surface area contributed by atoms with Crippen molar-refractivity contribution < 1.29 is 14.3 Å². The van der Waals surface area contributed by atoms with Crippen molar-refractivity contribution in [3.8, 4) is 11.5 Å². The normalized spacial score (nSPS) is 15.0. The topological polar surface area (TPSA) is 63.7 Å². The first-order chi connectivity index (χ1) is 13.0. The molecule has 27 heavy (non-hydrogen) atoms. The highest BCUT2D eigenvalue weighted by Gasteiger charge is 2.29. The summed E-state index contributed by atoms with van der Waals surface area (Å²) in [5.74, 6) is 2.56. The molecule has 144 valence electrons. The Morgan fingerprint density at radius 1 is 1.22 bits per heavy atom. The first-order valence-corrected chi connectivity index (χ1v) is 9.42. The number of benzene rings is 1. The van der Waals surface area contributed by atoms with Crippen molar-refractivity contribution in [2.75, 3.05) is 24.6 Å². The van der Waals surface area contributed by atoms with Crippen molar-refractivity contribution in [3.63, 3.8) is 0 Å². The molecule has 0 unspecified atom stereocenters. The average molecular weight is 369 g/mol. The van der Waals surface area contributed by atoms with Crippen molar-refractivity contribution in [2.24, 2.45) is 0 Å². The predicted molar refractivity (Wildman–Crippen MR) is 105 cm³/mol. The number of carbonyl (C=O) groups is 1. The molecule has 1 aromatic heterocycles. The molecule has 1 aromatic carbocycles. The van der Waals surface area contributed by atoms with Crippen LogP contribution in [0, 0.1) is 0 Å². The van der Waals surface area contributed by atoms with Gasteiger partial charge in [-0.1, -0.05) is 19.1 Å². The Balaban J connectivity index is 1.46. The third kappa shape index (κ3) is 5.12. The van der Waals surface area contributed by atoms with Gasteiger partial charge in [0.25, 0.3) is 0 Å². The third-order valence-electron chi connectivity index (χ3n) is 4.47. The molecule has 3 rings (SSSR count). The third-order valence-corrected chi connectivity index (χ3v) is 4.47. The Morgan fingerprint density at radius 2 is 1.93 bits per heavy atom. The Bertz CT molecular complexity index is 740. The molecule has 0 aliphatic carbocycles. The van der Waals surface area contributed by atoms with Gasteiger partial charge >= 0.3 is 0 Å². The number of pyridine rings is 1. The molecule has 1 saturated heterocycles. The second-order valence-electron chi connectivity index (χ2n) is 6.84. The molecule has 0 bridgehead atoms. The Hall–Kier alpha value is -2.76. The van der Waals surface area contributed by atoms with Gasteiger partial charge in [-0.15, -0.1) is 0 Å². The number of nitrogens with zero attached hydrogens (tertiary/aromatic N) is 2. The van der Waals surface area contributed by atoms with E-state index >= 15 is 0 Å². The lowest BCUT2D eigenvalue weighted by molar-refractivity contribution is -0.119. The van der Waals surface area contributed by atoms with Crippen LogP contribution in [-0.4, -0.2) is 36.7 Å². The van der Waals surface area contributed by atoms with E-state index in [1.54, 1.807) is 6.20 Å². The van der Waals surface area contributed by atoms with Crippen molar-refractivity contribution in [1.29, 1.82) is 0 Å². The molecule has 2 aromatic rings. The molecule has 1 amide bonds. The number of hydrogen-bond donors (Lipinski definition) is 1. The second-order valence-corrected chi connectivity index (χ2v) is 6.84. The van der Waals surface area contributed by atoms with Gasteiger partial charge in [0.05, 0.1) is 31.9 Å². The van der Waals surface area contributed by atoms with Crippen LogP contribution in [0.25, 0.3) is 0 Å². The van der Waals surface area contributed by atoms with E-state index in [1.807, 2.05) is 43.3 Å². The van der Waals surface area contributed by atoms with Crippen molar-refractivity contribution in [2.45, 2.75) is 39.3 Å². The van der Waals surface area contributed by atoms with Crippen molar-refractivity contribution in [3.05, 3.63) is 48.2 Å². The fourth-order valence-electron chi connectivity index (χ4n) is 2.98. The number of nitrogens with one attached hydrogen (secondary N) is 1. The van der Waals surface area contributed by atoms with Crippen LogP contribution in [0.2, 0.25) is 0 Å². The summed E-state index contributed by atoms with van der Waals surface area (Å²) in [6, 6.07) is 11.8. The van der Waals surface area contributed by atoms with Crippen molar-refractivity contribution in [1.82, 2.24) is 10.3 Å². The van der Waals surface area contributed by atoms with Gasteiger partial charge in [-0.2, -0.15) is 0 Å². The Morgan fingerprint density at radius 3 is 2.52 bits per heavy atom. The first-order valence-electron chi connectivity index (χ1n) is 9.42. The second kappa shape index (κ2) is 8.75. The van der Waals surface area contributed by atoms with Crippen LogP contribution >= 0.6 is 0 Å². The van der Waals surface area contributed by atoms with Gasteiger partial charge in [0, 0.05) is 6.92 Å². The van der Waals surface area contributed by atoms with E-state index in [9.17, 15) is 4.79 Å². The number of amides is 1. The molecular formula is C21H27N3O3. The van der Waals surface area contributed by atoms with E-state index in [0.717, 1.165) is 42.4 Å². The van der Waals surface area contributed by atoms with Crippen LogP contribution in [-0.2, 0) is 4.79 Å². The summed E-state index contributed by atoms with van der Waals surface area (Å²) in [6.45, 7) is 7.91. The zero-order valence-corrected chi connectivity index (χ0v) is 16.1. The maximum absolute atomic E-state index is 11.1. The number of ether oxygens (including phenoxy) is 2. The van der Waals surface area contributed by atoms with Crippen LogP contribution in [0.15, 0.2) is 42.6 Å². The van der Waals surface area contributed by atoms with E-state index in [1.165, 1.54) is 6.92 Å². The summed E-state index contributed by atoms with van der Waals surface area (Å²) < 4.78 is 11.6. The van der Waals surface area contributed by atoms with Gasteiger partial charge in [-0.3, -0.25) is 4.79 Å². The monoisotopic (exact) mass is 369 g/mol. The lowest BCUT2D eigenvalue weighted by Crippen LogP contribution is -2.54. The van der Waals surface area contributed by atoms with Gasteiger partial charge in [0.1, 0.15) is 23.4 Å². The summed E-state index contributed by atoms with van der Waals surface area (Å²) in [4.78, 5) is 17.8. The number of rotatable bonds is 8. The van der Waals surface area contributed by atoms with Gasteiger partial charge in [-0.25, -0.2) is 4.98 Å². The largest absolute Gasteiger partial charge is 0.492 e. The highest BCUT2D eigenvalue weighted by Crippen LogP contribution is 2.25. The SMILES string of the molecule is CCCOc1ccc(N2CC(Oc3ccc([C@H](C)NC(C)=O)cc3)C2)nc1. The number of hydrogen-bond acceptors (Lipinski definition) is 5. The molecule has 0 radical (unpaired) electrons. The number of carbonyl (C=O) groups excluding carboxylic acids is 1. The van der Waals surface area contributed by atoms with Crippen LogP contribution < -0.4 is 19.7 Å². The average Bonchev–Trinajstić information content (AvgIpc) is 2.63. The molecule has 0 saturated carbocycles. The molecule has 1 aliphatic rings. The highest BCUT2D eigenvalue weighted by atomic mass is 16.5. The van der Waals surface area contributed by atoms with E-state index in [-0.39, 0.29) is 18.1 Å². The van der Waals surface area contributed by atoms with Crippen LogP contribution in [0.1, 0.15) is 38.8 Å². The molecule has 1 N–H and O–H groups in total. The highest BCUT2D eigenvalue weighted by molar-refractivity contribution is 5.73. The minimum Gasteiger partial charge on any atom is -0.492 e. The zero-order chi connectivity index (χ0) is 19.2. The molecule has 0 spiro atoms. The molecule has 2 heterocycles. The number of anilines is 1. The summed E-state index contributed by atoms with van der Waals surface area (Å²) in [5, 5.41) is 2.88. The van der Waals surface area contributed by atoms with E-state index in [0.29, 0.717) is 6.61 Å². The minimum absolute atomic E-state index is 0.00824. The van der Waals surface area contributed by atoms with E-state index < -0.39 is 0 Å². The molecule has 1 fully saturated rings. The van der Waals surface area contributed by atoms with Crippen LogP contribution in [0.4, 0.5) is 5.82 Å². The van der Waals surface area contributed by atoms with Crippen LogP contribution in [0.5, 0.6) is 11.5 Å². The molecular weight excluding hydrogens is 342 g/mol. The van der Waals surface area contributed by atoms with Gasteiger partial charge < -0.3 is 19.7 Å². The summed E-state index contributed by atoms with van der Waals surface area (Å²) >= 11 is 0. The predicted octanol–water partition coefficient (Wildman–Crippen LogP) is 3.34. The molecule has 1 aliphatic heterocycles. The lowest BCUT2D eigenvalue weighted by atomic mass is 10.1. The summed E-state index contributed by atoms with van der Waals surface area (Å²) in [6.07, 6.45) is 2.91. The minimum atomic E-state index is -0.0315. The smallest absolute Gasteiger partial charge is 0.217 e. The molecule has 6 heteroatoms. The standard InChI is InChI=1S/C21H27N3O3/c1-4-11-26-19-9-10-21(22-12-19)24-13-20(14-24)27-18-7-5-17(6-8-18)15(2)23-16(3)25/h5-10,12,15,20H,4,11,13-14H2,1-3H3,(H,23,25)/t15-/m0/s1.